The third-order valence-electron chi connectivity index (χ3n) is 5.15. The van der Waals surface area contributed by atoms with Crippen molar-refractivity contribution in [3.05, 3.63) is 58.6 Å². The molecule has 2 aliphatic heterocycles. The van der Waals surface area contributed by atoms with Crippen molar-refractivity contribution in [2.45, 2.75) is 19.0 Å². The third-order valence-corrected chi connectivity index (χ3v) is 8.23. The molecule has 0 aromatic heterocycles. The third kappa shape index (κ3) is 4.56. The number of nitrogens with one attached hydrogen (secondary N) is 1. The number of amidine groups is 1. The number of sulfone groups is 1. The van der Waals surface area contributed by atoms with Gasteiger partial charge in [-0.3, -0.25) is 9.79 Å². The lowest BCUT2D eigenvalue weighted by Gasteiger charge is -2.26. The highest BCUT2D eigenvalue weighted by atomic mass is 35.5. The maximum Gasteiger partial charge on any atom is 0.234 e. The van der Waals surface area contributed by atoms with Crippen LogP contribution in [0.5, 0.6) is 0 Å². The molecule has 0 spiro atoms. The smallest absolute Gasteiger partial charge is 0.234 e. The highest BCUT2D eigenvalue weighted by molar-refractivity contribution is 8.14. The minimum absolute atomic E-state index is 0.0309. The number of hydrogen-bond donors (Lipinski definition) is 1. The largest absolute Gasteiger partial charge is 0.325 e. The number of halogens is 3. The van der Waals surface area contributed by atoms with Crippen molar-refractivity contribution < 1.29 is 22.0 Å². The molecule has 0 saturated carbocycles. The van der Waals surface area contributed by atoms with Crippen molar-refractivity contribution in [1.82, 2.24) is 0 Å². The number of thioether (sulfide) groups is 1. The lowest BCUT2D eigenvalue weighted by molar-refractivity contribution is -0.113. The second-order valence-electron chi connectivity index (χ2n) is 7.34. The summed E-state index contributed by atoms with van der Waals surface area (Å²) in [5.41, 5.74) is 1.34. The summed E-state index contributed by atoms with van der Waals surface area (Å²) in [5.74, 6) is -2.24. The standard InChI is InChI=1S/C20H18ClF2N3O3S2/c1-11-13(21)3-2-4-15(11)24-19(27)8-30-20-25-16-9-31(28,29)10-18(16)26(20)17-6-5-12(22)7-14(17)23/h2-7,16,18H,8-10H2,1H3,(H,24,27)/t16-,18+/m1/s1. The van der Waals surface area contributed by atoms with E-state index < -0.39 is 33.6 Å². The zero-order valence-electron chi connectivity index (χ0n) is 16.3. The summed E-state index contributed by atoms with van der Waals surface area (Å²) in [7, 11) is -3.32. The second-order valence-corrected chi connectivity index (χ2v) is 10.8. The number of anilines is 2. The Hall–Kier alpha value is -2.17. The quantitative estimate of drug-likeness (QED) is 0.715. The van der Waals surface area contributed by atoms with Crippen molar-refractivity contribution in [1.29, 1.82) is 0 Å². The molecule has 4 rings (SSSR count). The molecule has 2 aromatic carbocycles. The summed E-state index contributed by atoms with van der Waals surface area (Å²) < 4.78 is 52.0. The maximum absolute atomic E-state index is 14.5. The van der Waals surface area contributed by atoms with Gasteiger partial charge >= 0.3 is 0 Å². The fraction of sp³-hybridized carbons (Fsp3) is 0.300. The summed E-state index contributed by atoms with van der Waals surface area (Å²) in [6.07, 6.45) is 0. The van der Waals surface area contributed by atoms with Gasteiger partial charge in [-0.15, -0.1) is 0 Å². The SMILES string of the molecule is Cc1c(Cl)cccc1NC(=O)CSC1=N[C@@H]2CS(=O)(=O)C[C@@H]2N1c1ccc(F)cc1F. The van der Waals surface area contributed by atoms with E-state index in [1.54, 1.807) is 25.1 Å². The van der Waals surface area contributed by atoms with E-state index in [0.29, 0.717) is 15.9 Å². The van der Waals surface area contributed by atoms with Crippen LogP contribution in [-0.4, -0.2) is 48.8 Å². The minimum Gasteiger partial charge on any atom is -0.325 e. The molecule has 2 heterocycles. The highest BCUT2D eigenvalue weighted by Gasteiger charge is 2.47. The zero-order chi connectivity index (χ0) is 22.3. The lowest BCUT2D eigenvalue weighted by atomic mass is 10.1. The number of nitrogens with zero attached hydrogens (tertiary/aromatic N) is 2. The Kier molecular flexibility index (Phi) is 5.97. The summed E-state index contributed by atoms with van der Waals surface area (Å²) in [4.78, 5) is 18.4. The van der Waals surface area contributed by atoms with E-state index in [1.165, 1.54) is 11.0 Å². The van der Waals surface area contributed by atoms with Gasteiger partial charge in [-0.2, -0.15) is 0 Å². The van der Waals surface area contributed by atoms with Gasteiger partial charge in [-0.1, -0.05) is 29.4 Å². The van der Waals surface area contributed by atoms with Crippen molar-refractivity contribution in [3.63, 3.8) is 0 Å². The number of carbonyl (C=O) groups is 1. The first-order valence-electron chi connectivity index (χ1n) is 9.35. The van der Waals surface area contributed by atoms with Crippen molar-refractivity contribution in [2.24, 2.45) is 4.99 Å². The van der Waals surface area contributed by atoms with Crippen molar-refractivity contribution >= 4 is 55.6 Å². The summed E-state index contributed by atoms with van der Waals surface area (Å²) in [6.45, 7) is 1.78. The van der Waals surface area contributed by atoms with Gasteiger partial charge in [0, 0.05) is 16.8 Å². The molecule has 1 amide bonds. The fourth-order valence-corrected chi connectivity index (χ4v) is 6.59. The molecular weight excluding hydrogens is 468 g/mol. The van der Waals surface area contributed by atoms with Gasteiger partial charge in [0.25, 0.3) is 0 Å². The van der Waals surface area contributed by atoms with Gasteiger partial charge in [0.1, 0.15) is 11.6 Å². The van der Waals surface area contributed by atoms with E-state index in [1.807, 2.05) is 0 Å². The van der Waals surface area contributed by atoms with Crippen molar-refractivity contribution in [2.75, 3.05) is 27.5 Å². The minimum atomic E-state index is -3.32. The van der Waals surface area contributed by atoms with Crippen LogP contribution in [-0.2, 0) is 14.6 Å². The van der Waals surface area contributed by atoms with Crippen LogP contribution in [0.25, 0.3) is 0 Å². The number of benzene rings is 2. The van der Waals surface area contributed by atoms with Crippen LogP contribution >= 0.6 is 23.4 Å². The van der Waals surface area contributed by atoms with E-state index >= 15 is 0 Å². The Bertz CT molecular complexity index is 1190. The first-order valence-corrected chi connectivity index (χ1v) is 12.5. The van der Waals surface area contributed by atoms with Crippen LogP contribution in [0, 0.1) is 18.6 Å². The van der Waals surface area contributed by atoms with E-state index in [0.717, 1.165) is 29.5 Å². The van der Waals surface area contributed by atoms with E-state index in [4.69, 9.17) is 11.6 Å². The molecule has 2 atom stereocenters. The number of rotatable bonds is 4. The lowest BCUT2D eigenvalue weighted by Crippen LogP contribution is -2.40. The monoisotopic (exact) mass is 485 g/mol. The maximum atomic E-state index is 14.5. The molecule has 31 heavy (non-hydrogen) atoms. The first kappa shape index (κ1) is 22.0. The van der Waals surface area contributed by atoms with Gasteiger partial charge in [-0.05, 0) is 36.8 Å². The zero-order valence-corrected chi connectivity index (χ0v) is 18.7. The average molecular weight is 486 g/mol. The second kappa shape index (κ2) is 8.40. The number of aliphatic imine (C=N–C) groups is 1. The van der Waals surface area contributed by atoms with Gasteiger partial charge in [0.05, 0.1) is 35.0 Å². The van der Waals surface area contributed by atoms with Gasteiger partial charge in [-0.25, -0.2) is 17.2 Å². The molecule has 0 bridgehead atoms. The molecule has 6 nitrogen and oxygen atoms in total. The van der Waals surface area contributed by atoms with Crippen LogP contribution < -0.4 is 10.2 Å². The average Bonchev–Trinajstić information content (AvgIpc) is 3.15. The van der Waals surface area contributed by atoms with E-state index in [-0.39, 0.29) is 28.9 Å². The van der Waals surface area contributed by atoms with Crippen LogP contribution in [0.4, 0.5) is 20.2 Å². The van der Waals surface area contributed by atoms with Crippen LogP contribution in [0.2, 0.25) is 5.02 Å². The predicted molar refractivity (Wildman–Crippen MR) is 120 cm³/mol. The number of amides is 1. The first-order chi connectivity index (χ1) is 14.6. The molecule has 2 aliphatic rings. The molecule has 2 aromatic rings. The number of fused-ring (bicyclic) bond motifs is 1. The van der Waals surface area contributed by atoms with E-state index in [9.17, 15) is 22.0 Å². The molecule has 1 fully saturated rings. The molecule has 11 heteroatoms. The van der Waals surface area contributed by atoms with Crippen molar-refractivity contribution in [3.8, 4) is 0 Å². The highest BCUT2D eigenvalue weighted by Crippen LogP contribution is 2.36. The van der Waals surface area contributed by atoms with Crippen LogP contribution in [0.15, 0.2) is 41.4 Å². The molecule has 1 N–H and O–H groups in total. The number of carbonyl (C=O) groups excluding carboxylic acids is 1. The topological polar surface area (TPSA) is 78.8 Å². The molecule has 1 saturated heterocycles. The Morgan fingerprint density at radius 3 is 2.81 bits per heavy atom. The Morgan fingerprint density at radius 2 is 2.06 bits per heavy atom. The van der Waals surface area contributed by atoms with Crippen LogP contribution in [0.1, 0.15) is 5.56 Å². The molecule has 0 unspecified atom stereocenters. The van der Waals surface area contributed by atoms with Gasteiger partial charge in [0.15, 0.2) is 15.0 Å². The number of hydrogen-bond acceptors (Lipinski definition) is 6. The molecule has 164 valence electrons. The Labute approximate surface area is 187 Å². The Morgan fingerprint density at radius 1 is 1.29 bits per heavy atom. The molecule has 0 aliphatic carbocycles. The Balaban J connectivity index is 1.54. The predicted octanol–water partition coefficient (Wildman–Crippen LogP) is 3.64. The van der Waals surface area contributed by atoms with E-state index in [2.05, 4.69) is 10.3 Å². The van der Waals surface area contributed by atoms with Gasteiger partial charge in [0.2, 0.25) is 5.91 Å². The summed E-state index contributed by atoms with van der Waals surface area (Å²) in [6, 6.07) is 7.11. The molecular formula is C20H18ClF2N3O3S2. The fourth-order valence-electron chi connectivity index (χ4n) is 3.65. The van der Waals surface area contributed by atoms with Crippen LogP contribution in [0.3, 0.4) is 0 Å². The molecule has 0 radical (unpaired) electrons. The normalized spacial score (nSPS) is 21.7. The summed E-state index contributed by atoms with van der Waals surface area (Å²) >= 11 is 7.14. The summed E-state index contributed by atoms with van der Waals surface area (Å²) in [5, 5.41) is 3.63. The van der Waals surface area contributed by atoms with Gasteiger partial charge < -0.3 is 10.2 Å².